The van der Waals surface area contributed by atoms with Crippen LogP contribution in [0, 0.1) is 23.2 Å². The minimum atomic E-state index is -0.127. The summed E-state index contributed by atoms with van der Waals surface area (Å²) >= 11 is 0. The Bertz CT molecular complexity index is 711. The van der Waals surface area contributed by atoms with Crippen LogP contribution in [0.2, 0.25) is 0 Å². The second kappa shape index (κ2) is 7.66. The van der Waals surface area contributed by atoms with Crippen molar-refractivity contribution in [2.45, 2.75) is 59.0 Å². The lowest BCUT2D eigenvalue weighted by atomic mass is 9.62. The Morgan fingerprint density at radius 1 is 1.43 bits per heavy atom. The van der Waals surface area contributed by atoms with Gasteiger partial charge >= 0.3 is 11.9 Å². The van der Waals surface area contributed by atoms with Crippen molar-refractivity contribution in [3.05, 3.63) is 23.3 Å². The summed E-state index contributed by atoms with van der Waals surface area (Å²) in [6.45, 7) is 9.09. The molecule has 0 saturated carbocycles. The summed E-state index contributed by atoms with van der Waals surface area (Å²) in [6, 6.07) is 0. The van der Waals surface area contributed by atoms with Crippen molar-refractivity contribution in [3.63, 3.8) is 0 Å². The van der Waals surface area contributed by atoms with E-state index in [-0.39, 0.29) is 41.2 Å². The zero-order valence-electron chi connectivity index (χ0n) is 17.4. The van der Waals surface area contributed by atoms with Crippen LogP contribution in [0.3, 0.4) is 0 Å². The molecule has 5 nitrogen and oxygen atoms in total. The highest BCUT2D eigenvalue weighted by Crippen LogP contribution is 2.52. The van der Waals surface area contributed by atoms with Crippen LogP contribution in [0.15, 0.2) is 23.3 Å². The molecule has 2 saturated heterocycles. The number of ether oxygens (including phenoxy) is 2. The molecule has 0 aromatic rings. The van der Waals surface area contributed by atoms with Gasteiger partial charge < -0.3 is 14.4 Å². The van der Waals surface area contributed by atoms with E-state index < -0.39 is 0 Å². The Morgan fingerprint density at radius 2 is 2.25 bits per heavy atom. The Balaban J connectivity index is 1.49. The van der Waals surface area contributed by atoms with Crippen LogP contribution in [0.1, 0.15) is 52.9 Å². The maximum absolute atomic E-state index is 12.7. The van der Waals surface area contributed by atoms with Crippen LogP contribution in [-0.4, -0.2) is 49.2 Å². The summed E-state index contributed by atoms with van der Waals surface area (Å²) < 4.78 is 11.1. The van der Waals surface area contributed by atoms with Crippen LogP contribution < -0.4 is 0 Å². The Labute approximate surface area is 168 Å². The van der Waals surface area contributed by atoms with Gasteiger partial charge in [-0.25, -0.2) is 0 Å². The van der Waals surface area contributed by atoms with Crippen LogP contribution in [0.5, 0.6) is 0 Å². The predicted molar refractivity (Wildman–Crippen MR) is 106 cm³/mol. The maximum Gasteiger partial charge on any atom is 0.311 e. The highest BCUT2D eigenvalue weighted by Gasteiger charge is 2.51. The molecular weight excluding hydrogens is 354 g/mol. The maximum atomic E-state index is 12.7. The normalized spacial score (nSPS) is 38.0. The molecular formula is C23H33NO4. The number of hydrogen-bond acceptors (Lipinski definition) is 5. The minimum Gasteiger partial charge on any atom is -0.466 e. The SMILES string of the molecule is CCOC(=O)[C@H]1CCCN(C[C@@H]2C(=O)O[C@@H]3C[C@@]4(C)CCC=C(C)C4=C[C@H]23)C1. The highest BCUT2D eigenvalue weighted by molar-refractivity contribution is 5.76. The number of likely N-dealkylation sites (tertiary alicyclic amines) is 1. The lowest BCUT2D eigenvalue weighted by molar-refractivity contribution is -0.150. The van der Waals surface area contributed by atoms with Gasteiger partial charge in [-0.15, -0.1) is 0 Å². The monoisotopic (exact) mass is 387 g/mol. The number of allylic oxidation sites excluding steroid dienone is 3. The van der Waals surface area contributed by atoms with Crippen LogP contribution in [0.25, 0.3) is 0 Å². The molecule has 0 spiro atoms. The van der Waals surface area contributed by atoms with E-state index in [4.69, 9.17) is 9.47 Å². The molecule has 154 valence electrons. The van der Waals surface area contributed by atoms with Crippen molar-refractivity contribution in [1.29, 1.82) is 0 Å². The Morgan fingerprint density at radius 3 is 3.04 bits per heavy atom. The van der Waals surface area contributed by atoms with Gasteiger partial charge in [0.2, 0.25) is 0 Å². The van der Waals surface area contributed by atoms with Crippen LogP contribution in [-0.2, 0) is 19.1 Å². The lowest BCUT2D eigenvalue weighted by Gasteiger charge is -2.43. The molecule has 0 unspecified atom stereocenters. The molecule has 0 aromatic heterocycles. The van der Waals surface area contributed by atoms with Crippen molar-refractivity contribution in [2.24, 2.45) is 23.2 Å². The van der Waals surface area contributed by atoms with Crippen molar-refractivity contribution >= 4 is 11.9 Å². The van der Waals surface area contributed by atoms with E-state index in [2.05, 4.69) is 30.9 Å². The lowest BCUT2D eigenvalue weighted by Crippen LogP contribution is -2.44. The van der Waals surface area contributed by atoms with Crippen molar-refractivity contribution in [3.8, 4) is 0 Å². The molecule has 2 aliphatic carbocycles. The summed E-state index contributed by atoms with van der Waals surface area (Å²) in [5, 5.41) is 0. The average Bonchev–Trinajstić information content (AvgIpc) is 2.94. The highest BCUT2D eigenvalue weighted by atomic mass is 16.6. The molecule has 0 radical (unpaired) electrons. The molecule has 0 N–H and O–H groups in total. The number of esters is 2. The zero-order valence-corrected chi connectivity index (χ0v) is 17.4. The van der Waals surface area contributed by atoms with Gasteiger partial charge in [-0.1, -0.05) is 24.6 Å². The molecule has 4 aliphatic rings. The van der Waals surface area contributed by atoms with Gasteiger partial charge in [-0.3, -0.25) is 9.59 Å². The average molecular weight is 388 g/mol. The van der Waals surface area contributed by atoms with E-state index in [1.54, 1.807) is 0 Å². The summed E-state index contributed by atoms with van der Waals surface area (Å²) in [7, 11) is 0. The summed E-state index contributed by atoms with van der Waals surface area (Å²) in [5.74, 6) is -0.206. The summed E-state index contributed by atoms with van der Waals surface area (Å²) in [4.78, 5) is 27.2. The third-order valence-electron chi connectivity index (χ3n) is 7.28. The van der Waals surface area contributed by atoms with E-state index in [9.17, 15) is 9.59 Å². The third kappa shape index (κ3) is 3.54. The van der Waals surface area contributed by atoms with E-state index in [1.165, 1.54) is 11.1 Å². The zero-order chi connectivity index (χ0) is 19.9. The first-order chi connectivity index (χ1) is 13.4. The quantitative estimate of drug-likeness (QED) is 0.691. The fraction of sp³-hybridized carbons (Fsp3) is 0.739. The van der Waals surface area contributed by atoms with E-state index in [0.29, 0.717) is 19.7 Å². The van der Waals surface area contributed by atoms with Gasteiger partial charge in [-0.2, -0.15) is 0 Å². The number of piperidine rings is 1. The topological polar surface area (TPSA) is 55.8 Å². The number of rotatable bonds is 4. The summed E-state index contributed by atoms with van der Waals surface area (Å²) in [6.07, 6.45) is 9.71. The molecule has 4 rings (SSSR count). The van der Waals surface area contributed by atoms with E-state index >= 15 is 0 Å². The first kappa shape index (κ1) is 19.7. The minimum absolute atomic E-state index is 0.00259. The predicted octanol–water partition coefficient (Wildman–Crippen LogP) is 3.50. The number of carbonyl (C=O) groups is 2. The second-order valence-corrected chi connectivity index (χ2v) is 9.28. The molecule has 2 aliphatic heterocycles. The fourth-order valence-corrected chi connectivity index (χ4v) is 5.79. The number of nitrogens with zero attached hydrogens (tertiary/aromatic N) is 1. The molecule has 0 bridgehead atoms. The smallest absolute Gasteiger partial charge is 0.311 e. The molecule has 0 aromatic carbocycles. The molecule has 28 heavy (non-hydrogen) atoms. The Hall–Kier alpha value is -1.62. The fourth-order valence-electron chi connectivity index (χ4n) is 5.79. The number of carbonyl (C=O) groups excluding carboxylic acids is 2. The molecule has 2 heterocycles. The number of fused-ring (bicyclic) bond motifs is 2. The van der Waals surface area contributed by atoms with Gasteiger partial charge in [0.15, 0.2) is 0 Å². The van der Waals surface area contributed by atoms with E-state index in [1.807, 2.05) is 6.92 Å². The standard InChI is InChI=1S/C23H33NO4/c1-4-27-21(25)16-8-6-10-24(13-16)14-18-17-11-19-15(2)7-5-9-23(19,3)12-20(17)28-22(18)26/h7,11,16-18,20H,4-6,8-10,12-14H2,1-3H3/t16-,17+,18-,20+,23+/m0/s1. The van der Waals surface area contributed by atoms with Crippen molar-refractivity contribution in [1.82, 2.24) is 4.90 Å². The first-order valence-corrected chi connectivity index (χ1v) is 10.9. The van der Waals surface area contributed by atoms with Crippen LogP contribution in [0.4, 0.5) is 0 Å². The van der Waals surface area contributed by atoms with Gasteiger partial charge in [0.05, 0.1) is 18.4 Å². The Kier molecular flexibility index (Phi) is 5.38. The second-order valence-electron chi connectivity index (χ2n) is 9.28. The van der Waals surface area contributed by atoms with E-state index in [0.717, 1.165) is 38.6 Å². The van der Waals surface area contributed by atoms with Crippen molar-refractivity contribution < 1.29 is 19.1 Å². The van der Waals surface area contributed by atoms with Crippen molar-refractivity contribution in [2.75, 3.05) is 26.2 Å². The van der Waals surface area contributed by atoms with Gasteiger partial charge in [0.25, 0.3) is 0 Å². The van der Waals surface area contributed by atoms with Gasteiger partial charge in [0.1, 0.15) is 6.10 Å². The van der Waals surface area contributed by atoms with Gasteiger partial charge in [0, 0.05) is 19.0 Å². The number of hydrogen-bond donors (Lipinski definition) is 0. The van der Waals surface area contributed by atoms with Gasteiger partial charge in [-0.05, 0) is 63.5 Å². The largest absolute Gasteiger partial charge is 0.466 e. The first-order valence-electron chi connectivity index (χ1n) is 10.9. The van der Waals surface area contributed by atoms with Crippen LogP contribution >= 0.6 is 0 Å². The molecule has 5 heteroatoms. The third-order valence-corrected chi connectivity index (χ3v) is 7.28. The summed E-state index contributed by atoms with van der Waals surface area (Å²) in [5.41, 5.74) is 2.92. The molecule has 0 amide bonds. The molecule has 2 fully saturated rings. The molecule has 5 atom stereocenters.